The molecule has 1 aromatic heterocycles. The number of aromatic nitrogens is 1. The number of carbonyl (C=O) groups excluding carboxylic acids is 1. The number of benzene rings is 2. The van der Waals surface area contributed by atoms with Crippen molar-refractivity contribution in [2.24, 2.45) is 0 Å². The van der Waals surface area contributed by atoms with Crippen LogP contribution < -0.4 is 5.32 Å². The standard InChI is InChI=1S/C16H14N2O/c1-2-16(19)17-10-11-7-8-15-13(9-11)12-5-3-4-6-14(12)18-15/h2-9,18H,1,10H2,(H,17,19). The highest BCUT2D eigenvalue weighted by Gasteiger charge is 2.04. The third-order valence-electron chi connectivity index (χ3n) is 3.22. The van der Waals surface area contributed by atoms with Gasteiger partial charge in [0.05, 0.1) is 0 Å². The Labute approximate surface area is 110 Å². The van der Waals surface area contributed by atoms with Crippen molar-refractivity contribution < 1.29 is 4.79 Å². The second-order valence-electron chi connectivity index (χ2n) is 4.47. The summed E-state index contributed by atoms with van der Waals surface area (Å²) >= 11 is 0. The molecule has 94 valence electrons. The van der Waals surface area contributed by atoms with Crippen LogP contribution in [0.15, 0.2) is 55.1 Å². The van der Waals surface area contributed by atoms with Gasteiger partial charge in [0.2, 0.25) is 5.91 Å². The normalized spacial score (nSPS) is 10.7. The quantitative estimate of drug-likeness (QED) is 0.689. The number of para-hydroxylation sites is 1. The van der Waals surface area contributed by atoms with Gasteiger partial charge in [-0.2, -0.15) is 0 Å². The van der Waals surface area contributed by atoms with E-state index in [1.807, 2.05) is 24.3 Å². The van der Waals surface area contributed by atoms with Crippen LogP contribution in [0.5, 0.6) is 0 Å². The molecule has 0 fully saturated rings. The number of hydrogen-bond acceptors (Lipinski definition) is 1. The summed E-state index contributed by atoms with van der Waals surface area (Å²) in [6.07, 6.45) is 1.28. The van der Waals surface area contributed by atoms with Gasteiger partial charge in [-0.15, -0.1) is 0 Å². The smallest absolute Gasteiger partial charge is 0.243 e. The Morgan fingerprint density at radius 3 is 2.79 bits per heavy atom. The number of fused-ring (bicyclic) bond motifs is 3. The van der Waals surface area contributed by atoms with Gasteiger partial charge in [0.15, 0.2) is 0 Å². The monoisotopic (exact) mass is 250 g/mol. The summed E-state index contributed by atoms with van der Waals surface area (Å²) in [6, 6.07) is 14.4. The number of carbonyl (C=O) groups is 1. The molecule has 19 heavy (non-hydrogen) atoms. The number of hydrogen-bond donors (Lipinski definition) is 2. The highest BCUT2D eigenvalue weighted by Crippen LogP contribution is 2.25. The molecule has 2 N–H and O–H groups in total. The Morgan fingerprint density at radius 1 is 1.16 bits per heavy atom. The van der Waals surface area contributed by atoms with E-state index >= 15 is 0 Å². The van der Waals surface area contributed by atoms with Crippen LogP contribution in [-0.2, 0) is 11.3 Å². The van der Waals surface area contributed by atoms with Crippen molar-refractivity contribution in [2.75, 3.05) is 0 Å². The maximum Gasteiger partial charge on any atom is 0.243 e. The fourth-order valence-electron chi connectivity index (χ4n) is 2.27. The van der Waals surface area contributed by atoms with E-state index in [1.165, 1.54) is 16.8 Å². The van der Waals surface area contributed by atoms with E-state index in [-0.39, 0.29) is 5.91 Å². The van der Waals surface area contributed by atoms with Crippen LogP contribution in [0.4, 0.5) is 0 Å². The first-order valence-electron chi connectivity index (χ1n) is 6.17. The molecule has 0 aliphatic carbocycles. The topological polar surface area (TPSA) is 44.9 Å². The van der Waals surface area contributed by atoms with Gasteiger partial charge < -0.3 is 10.3 Å². The van der Waals surface area contributed by atoms with Gasteiger partial charge in [0, 0.05) is 28.4 Å². The van der Waals surface area contributed by atoms with Crippen LogP contribution in [0.2, 0.25) is 0 Å². The zero-order chi connectivity index (χ0) is 13.2. The highest BCUT2D eigenvalue weighted by molar-refractivity contribution is 6.07. The van der Waals surface area contributed by atoms with Crippen molar-refractivity contribution in [2.45, 2.75) is 6.54 Å². The fourth-order valence-corrected chi connectivity index (χ4v) is 2.27. The molecule has 0 atom stereocenters. The third-order valence-corrected chi connectivity index (χ3v) is 3.22. The summed E-state index contributed by atoms with van der Waals surface area (Å²) in [5.41, 5.74) is 3.32. The second kappa shape index (κ2) is 4.61. The molecular weight excluding hydrogens is 236 g/mol. The van der Waals surface area contributed by atoms with Crippen molar-refractivity contribution in [3.05, 3.63) is 60.7 Å². The molecule has 1 heterocycles. The van der Waals surface area contributed by atoms with Crippen molar-refractivity contribution in [1.29, 1.82) is 0 Å². The molecule has 0 unspecified atom stereocenters. The molecule has 0 saturated heterocycles. The SMILES string of the molecule is C=CC(=O)NCc1ccc2[nH]c3ccccc3c2c1. The van der Waals surface area contributed by atoms with Gasteiger partial charge in [-0.05, 0) is 29.8 Å². The number of rotatable bonds is 3. The molecule has 0 saturated carbocycles. The van der Waals surface area contributed by atoms with E-state index in [2.05, 4.69) is 35.1 Å². The van der Waals surface area contributed by atoms with E-state index < -0.39 is 0 Å². The Kier molecular flexibility index (Phi) is 2.80. The van der Waals surface area contributed by atoms with Crippen LogP contribution in [0.1, 0.15) is 5.56 Å². The van der Waals surface area contributed by atoms with Crippen molar-refractivity contribution in [3.63, 3.8) is 0 Å². The molecule has 2 aromatic carbocycles. The highest BCUT2D eigenvalue weighted by atomic mass is 16.1. The molecule has 0 spiro atoms. The van der Waals surface area contributed by atoms with Gasteiger partial charge in [-0.3, -0.25) is 4.79 Å². The number of amides is 1. The molecule has 1 amide bonds. The largest absolute Gasteiger partial charge is 0.355 e. The molecule has 0 radical (unpaired) electrons. The Morgan fingerprint density at radius 2 is 1.95 bits per heavy atom. The molecule has 3 rings (SSSR count). The molecule has 3 aromatic rings. The molecular formula is C16H14N2O. The zero-order valence-corrected chi connectivity index (χ0v) is 10.4. The lowest BCUT2D eigenvalue weighted by atomic mass is 10.1. The molecule has 0 aliphatic rings. The summed E-state index contributed by atoms with van der Waals surface area (Å²) < 4.78 is 0. The minimum absolute atomic E-state index is 0.154. The van der Waals surface area contributed by atoms with Crippen LogP contribution >= 0.6 is 0 Å². The van der Waals surface area contributed by atoms with Crippen LogP contribution in [0, 0.1) is 0 Å². The number of H-pyrrole nitrogens is 1. The van der Waals surface area contributed by atoms with E-state index in [1.54, 1.807) is 0 Å². The van der Waals surface area contributed by atoms with Crippen molar-refractivity contribution >= 4 is 27.7 Å². The van der Waals surface area contributed by atoms with E-state index in [4.69, 9.17) is 0 Å². The first-order chi connectivity index (χ1) is 9.28. The second-order valence-corrected chi connectivity index (χ2v) is 4.47. The zero-order valence-electron chi connectivity index (χ0n) is 10.4. The van der Waals surface area contributed by atoms with Gasteiger partial charge in [0.1, 0.15) is 0 Å². The lowest BCUT2D eigenvalue weighted by molar-refractivity contribution is -0.116. The van der Waals surface area contributed by atoms with Gasteiger partial charge >= 0.3 is 0 Å². The summed E-state index contributed by atoms with van der Waals surface area (Å²) in [5.74, 6) is -0.154. The summed E-state index contributed by atoms with van der Waals surface area (Å²) in [5, 5.41) is 5.17. The van der Waals surface area contributed by atoms with Gasteiger partial charge in [-0.1, -0.05) is 30.8 Å². The van der Waals surface area contributed by atoms with Crippen LogP contribution in [-0.4, -0.2) is 10.9 Å². The first kappa shape index (κ1) is 11.5. The minimum atomic E-state index is -0.154. The molecule has 0 bridgehead atoms. The summed E-state index contributed by atoms with van der Waals surface area (Å²) in [6.45, 7) is 3.95. The maximum atomic E-state index is 11.2. The fraction of sp³-hybridized carbons (Fsp3) is 0.0625. The van der Waals surface area contributed by atoms with E-state index in [0.29, 0.717) is 6.54 Å². The average Bonchev–Trinajstić information content (AvgIpc) is 2.82. The Balaban J connectivity index is 2.01. The average molecular weight is 250 g/mol. The number of aromatic amines is 1. The van der Waals surface area contributed by atoms with Crippen molar-refractivity contribution in [1.82, 2.24) is 10.3 Å². The van der Waals surface area contributed by atoms with Crippen LogP contribution in [0.3, 0.4) is 0 Å². The van der Waals surface area contributed by atoms with Crippen LogP contribution in [0.25, 0.3) is 21.8 Å². The van der Waals surface area contributed by atoms with E-state index in [9.17, 15) is 4.79 Å². The van der Waals surface area contributed by atoms with Gasteiger partial charge in [-0.25, -0.2) is 0 Å². The predicted octanol–water partition coefficient (Wildman–Crippen LogP) is 3.12. The van der Waals surface area contributed by atoms with Crippen molar-refractivity contribution in [3.8, 4) is 0 Å². The maximum absolute atomic E-state index is 11.2. The molecule has 3 nitrogen and oxygen atoms in total. The lowest BCUT2D eigenvalue weighted by Gasteiger charge is -2.02. The molecule has 3 heteroatoms. The van der Waals surface area contributed by atoms with E-state index in [0.717, 1.165) is 16.6 Å². The lowest BCUT2D eigenvalue weighted by Crippen LogP contribution is -2.19. The third kappa shape index (κ3) is 2.10. The molecule has 0 aliphatic heterocycles. The Bertz CT molecular complexity index is 771. The summed E-state index contributed by atoms with van der Waals surface area (Å²) in [7, 11) is 0. The predicted molar refractivity (Wildman–Crippen MR) is 77.8 cm³/mol. The Hall–Kier alpha value is -2.55. The van der Waals surface area contributed by atoms with Gasteiger partial charge in [0.25, 0.3) is 0 Å². The number of nitrogens with one attached hydrogen (secondary N) is 2. The first-order valence-corrected chi connectivity index (χ1v) is 6.17. The summed E-state index contributed by atoms with van der Waals surface area (Å²) in [4.78, 5) is 14.6. The minimum Gasteiger partial charge on any atom is -0.355 e.